The molecule has 0 spiro atoms. The van der Waals surface area contributed by atoms with Crippen molar-refractivity contribution in [3.8, 4) is 23.3 Å². The third kappa shape index (κ3) is 4.65. The van der Waals surface area contributed by atoms with Gasteiger partial charge in [-0.1, -0.05) is 11.8 Å². The van der Waals surface area contributed by atoms with Crippen LogP contribution in [0.5, 0.6) is 11.5 Å². The van der Waals surface area contributed by atoms with Crippen LogP contribution in [-0.4, -0.2) is 17.4 Å². The van der Waals surface area contributed by atoms with E-state index in [1.54, 1.807) is 0 Å². The van der Waals surface area contributed by atoms with Gasteiger partial charge < -0.3 is 15.6 Å². The first-order valence-corrected chi connectivity index (χ1v) is 4.64. The Morgan fingerprint density at radius 1 is 1.44 bits per heavy atom. The summed E-state index contributed by atoms with van der Waals surface area (Å²) in [6.07, 6.45) is -5.04. The molecule has 0 aromatic heterocycles. The SMILES string of the molecule is NC(=O)CC#Cc1ccc(OC(F)(F)F)cc1O. The molecule has 0 heterocycles. The molecule has 3 N–H and O–H groups in total. The van der Waals surface area contributed by atoms with Gasteiger partial charge in [-0.05, 0) is 12.1 Å². The van der Waals surface area contributed by atoms with Crippen molar-refractivity contribution >= 4 is 5.91 Å². The molecule has 0 aliphatic carbocycles. The average molecular weight is 259 g/mol. The number of amides is 1. The number of halogens is 3. The van der Waals surface area contributed by atoms with Gasteiger partial charge in [0.2, 0.25) is 5.91 Å². The molecular weight excluding hydrogens is 251 g/mol. The van der Waals surface area contributed by atoms with Crippen molar-refractivity contribution in [2.45, 2.75) is 12.8 Å². The highest BCUT2D eigenvalue weighted by molar-refractivity contribution is 5.76. The highest BCUT2D eigenvalue weighted by Gasteiger charge is 2.31. The number of hydrogen-bond acceptors (Lipinski definition) is 3. The Bertz CT molecular complexity index is 514. The van der Waals surface area contributed by atoms with Crippen LogP contribution in [-0.2, 0) is 4.79 Å². The van der Waals surface area contributed by atoms with Crippen molar-refractivity contribution in [1.82, 2.24) is 0 Å². The van der Waals surface area contributed by atoms with E-state index in [9.17, 15) is 23.1 Å². The predicted molar refractivity (Wildman–Crippen MR) is 55.5 cm³/mol. The fourth-order valence-corrected chi connectivity index (χ4v) is 1.04. The maximum absolute atomic E-state index is 11.9. The van der Waals surface area contributed by atoms with E-state index in [4.69, 9.17) is 5.73 Å². The number of carbonyl (C=O) groups is 1. The molecule has 96 valence electrons. The van der Waals surface area contributed by atoms with E-state index in [0.29, 0.717) is 0 Å². The minimum atomic E-state index is -4.83. The third-order valence-electron chi connectivity index (χ3n) is 1.69. The molecule has 0 unspecified atom stereocenters. The summed E-state index contributed by atoms with van der Waals surface area (Å²) in [6.45, 7) is 0. The zero-order valence-electron chi connectivity index (χ0n) is 8.91. The molecule has 1 aromatic rings. The number of benzene rings is 1. The number of primary amides is 1. The molecule has 0 saturated heterocycles. The number of phenols is 1. The summed E-state index contributed by atoms with van der Waals surface area (Å²) in [5.74, 6) is 3.09. The number of alkyl halides is 3. The lowest BCUT2D eigenvalue weighted by Crippen LogP contribution is -2.17. The molecule has 0 fully saturated rings. The molecule has 0 atom stereocenters. The zero-order chi connectivity index (χ0) is 13.8. The normalized spacial score (nSPS) is 10.4. The first-order valence-electron chi connectivity index (χ1n) is 4.64. The maximum atomic E-state index is 11.9. The topological polar surface area (TPSA) is 72.6 Å². The summed E-state index contributed by atoms with van der Waals surface area (Å²) in [5.41, 5.74) is 4.91. The minimum absolute atomic E-state index is 0.0748. The lowest BCUT2D eigenvalue weighted by Gasteiger charge is -2.09. The fourth-order valence-electron chi connectivity index (χ4n) is 1.04. The molecule has 1 amide bonds. The number of hydrogen-bond donors (Lipinski definition) is 2. The second kappa shape index (κ2) is 5.31. The van der Waals surface area contributed by atoms with Crippen molar-refractivity contribution in [2.75, 3.05) is 0 Å². The molecule has 0 radical (unpaired) electrons. The van der Waals surface area contributed by atoms with Crippen molar-refractivity contribution in [3.63, 3.8) is 0 Å². The van der Waals surface area contributed by atoms with Crippen molar-refractivity contribution in [3.05, 3.63) is 23.8 Å². The van der Waals surface area contributed by atoms with Gasteiger partial charge in [0.15, 0.2) is 0 Å². The highest BCUT2D eigenvalue weighted by Crippen LogP contribution is 2.27. The Balaban J connectivity index is 2.85. The zero-order valence-corrected chi connectivity index (χ0v) is 8.91. The lowest BCUT2D eigenvalue weighted by molar-refractivity contribution is -0.274. The Morgan fingerprint density at radius 2 is 2.11 bits per heavy atom. The molecule has 0 saturated carbocycles. The van der Waals surface area contributed by atoms with Gasteiger partial charge in [0, 0.05) is 6.07 Å². The van der Waals surface area contributed by atoms with E-state index in [2.05, 4.69) is 16.6 Å². The Morgan fingerprint density at radius 3 is 2.61 bits per heavy atom. The fraction of sp³-hybridized carbons (Fsp3) is 0.182. The van der Waals surface area contributed by atoms with Gasteiger partial charge in [0.05, 0.1) is 12.0 Å². The Labute approximate surface area is 100 Å². The average Bonchev–Trinajstić information content (AvgIpc) is 2.18. The van der Waals surface area contributed by atoms with Crippen LogP contribution in [0.15, 0.2) is 18.2 Å². The first kappa shape index (κ1) is 13.7. The smallest absolute Gasteiger partial charge is 0.507 e. The molecule has 7 heteroatoms. The van der Waals surface area contributed by atoms with Crippen LogP contribution in [0.2, 0.25) is 0 Å². The molecule has 0 bridgehead atoms. The van der Waals surface area contributed by atoms with Crippen LogP contribution in [0.3, 0.4) is 0 Å². The van der Waals surface area contributed by atoms with E-state index in [1.165, 1.54) is 0 Å². The van der Waals surface area contributed by atoms with Crippen molar-refractivity contribution in [1.29, 1.82) is 0 Å². The number of phenolic OH excluding ortho intramolecular Hbond substituents is 1. The molecule has 1 rings (SSSR count). The van der Waals surface area contributed by atoms with Crippen LogP contribution in [0.1, 0.15) is 12.0 Å². The van der Waals surface area contributed by atoms with Gasteiger partial charge in [0.1, 0.15) is 11.5 Å². The Hall–Kier alpha value is -2.36. The van der Waals surface area contributed by atoms with Crippen molar-refractivity contribution < 1.29 is 27.8 Å². The molecule has 0 aliphatic heterocycles. The quantitative estimate of drug-likeness (QED) is 0.791. The van der Waals surface area contributed by atoms with Crippen LogP contribution in [0, 0.1) is 11.8 Å². The molecular formula is C11H8F3NO3. The summed E-state index contributed by atoms with van der Waals surface area (Å²) in [7, 11) is 0. The van der Waals surface area contributed by atoms with Gasteiger partial charge in [-0.15, -0.1) is 13.2 Å². The summed E-state index contributed by atoms with van der Waals surface area (Å²) in [4.78, 5) is 10.4. The highest BCUT2D eigenvalue weighted by atomic mass is 19.4. The Kier molecular flexibility index (Phi) is 4.05. The lowest BCUT2D eigenvalue weighted by atomic mass is 10.2. The van der Waals surface area contributed by atoms with Crippen LogP contribution in [0.25, 0.3) is 0 Å². The summed E-state index contributed by atoms with van der Waals surface area (Å²) in [5, 5.41) is 9.39. The predicted octanol–water partition coefficient (Wildman–Crippen LogP) is 1.52. The van der Waals surface area contributed by atoms with Crippen molar-refractivity contribution in [2.24, 2.45) is 5.73 Å². The number of ether oxygens (including phenoxy) is 1. The standard InChI is InChI=1S/C11H8F3NO3/c12-11(13,14)18-8-5-4-7(9(16)6-8)2-1-3-10(15)17/h4-6,16H,3H2,(H2,15,17). The largest absolute Gasteiger partial charge is 0.573 e. The van der Waals surface area contributed by atoms with E-state index < -0.39 is 23.8 Å². The summed E-state index contributed by atoms with van der Waals surface area (Å²) < 4.78 is 39.2. The minimum Gasteiger partial charge on any atom is -0.507 e. The number of aromatic hydroxyl groups is 1. The molecule has 0 aliphatic rings. The van der Waals surface area contributed by atoms with Crippen LogP contribution < -0.4 is 10.5 Å². The second-order valence-electron chi connectivity index (χ2n) is 3.17. The number of rotatable bonds is 2. The summed E-state index contributed by atoms with van der Waals surface area (Å²) >= 11 is 0. The van der Waals surface area contributed by atoms with Gasteiger partial charge in [-0.25, -0.2) is 0 Å². The first-order chi connectivity index (χ1) is 8.28. The van der Waals surface area contributed by atoms with Crippen LogP contribution in [0.4, 0.5) is 13.2 Å². The summed E-state index contributed by atoms with van der Waals surface area (Å²) in [6, 6.07) is 2.92. The third-order valence-corrected chi connectivity index (χ3v) is 1.69. The van der Waals surface area contributed by atoms with Gasteiger partial charge in [0.25, 0.3) is 0 Å². The second-order valence-corrected chi connectivity index (χ2v) is 3.17. The van der Waals surface area contributed by atoms with Gasteiger partial charge >= 0.3 is 6.36 Å². The van der Waals surface area contributed by atoms with E-state index in [1.807, 2.05) is 0 Å². The number of nitrogens with two attached hydrogens (primary N) is 1. The van der Waals surface area contributed by atoms with E-state index >= 15 is 0 Å². The van der Waals surface area contributed by atoms with Crippen LogP contribution >= 0.6 is 0 Å². The molecule has 4 nitrogen and oxygen atoms in total. The monoisotopic (exact) mass is 259 g/mol. The molecule has 1 aromatic carbocycles. The number of carbonyl (C=O) groups excluding carboxylic acids is 1. The molecule has 18 heavy (non-hydrogen) atoms. The van der Waals surface area contributed by atoms with E-state index in [-0.39, 0.29) is 12.0 Å². The van der Waals surface area contributed by atoms with E-state index in [0.717, 1.165) is 18.2 Å². The van der Waals surface area contributed by atoms with Gasteiger partial charge in [-0.3, -0.25) is 4.79 Å². The maximum Gasteiger partial charge on any atom is 0.573 e. The van der Waals surface area contributed by atoms with Gasteiger partial charge in [-0.2, -0.15) is 0 Å².